The van der Waals surface area contributed by atoms with E-state index in [4.69, 9.17) is 11.0 Å². The highest BCUT2D eigenvalue weighted by atomic mass is 79.9. The average molecular weight is 336 g/mol. The fourth-order valence-electron chi connectivity index (χ4n) is 2.66. The molecule has 1 aromatic carbocycles. The minimum atomic E-state index is -0.388. The largest absolute Gasteiger partial charge is 0.325 e. The summed E-state index contributed by atoms with van der Waals surface area (Å²) in [5, 5.41) is 11.9. The van der Waals surface area contributed by atoms with Crippen molar-refractivity contribution >= 4 is 27.5 Å². The van der Waals surface area contributed by atoms with Gasteiger partial charge in [-0.25, -0.2) is 0 Å². The number of rotatable bonds is 3. The zero-order valence-electron chi connectivity index (χ0n) is 11.3. The molecule has 0 atom stereocenters. The molecule has 0 radical (unpaired) electrons. The maximum Gasteiger partial charge on any atom is 0.226 e. The van der Waals surface area contributed by atoms with Crippen LogP contribution in [-0.2, 0) is 4.79 Å². The lowest BCUT2D eigenvalue weighted by Crippen LogP contribution is -2.44. The molecule has 4 nitrogen and oxygen atoms in total. The maximum atomic E-state index is 12.1. The third kappa shape index (κ3) is 3.81. The lowest BCUT2D eigenvalue weighted by molar-refractivity contribution is -0.117. The molecule has 2 rings (SSSR count). The van der Waals surface area contributed by atoms with Gasteiger partial charge in [-0.2, -0.15) is 5.26 Å². The Hall–Kier alpha value is -1.38. The van der Waals surface area contributed by atoms with Gasteiger partial charge in [0.15, 0.2) is 0 Å². The van der Waals surface area contributed by atoms with Crippen LogP contribution in [0.5, 0.6) is 0 Å². The predicted molar refractivity (Wildman–Crippen MR) is 82.1 cm³/mol. The molecule has 1 amide bonds. The first-order chi connectivity index (χ1) is 9.52. The van der Waals surface area contributed by atoms with Crippen LogP contribution in [0.3, 0.4) is 0 Å². The molecule has 0 spiro atoms. The number of anilines is 1. The van der Waals surface area contributed by atoms with Crippen LogP contribution in [0, 0.1) is 11.3 Å². The fourth-order valence-corrected chi connectivity index (χ4v) is 3.03. The highest BCUT2D eigenvalue weighted by Crippen LogP contribution is 2.29. The highest BCUT2D eigenvalue weighted by Gasteiger charge is 2.30. The summed E-state index contributed by atoms with van der Waals surface area (Å²) >= 11 is 3.34. The molecule has 0 bridgehead atoms. The number of nitrogens with one attached hydrogen (secondary N) is 1. The second-order valence-electron chi connectivity index (χ2n) is 5.45. The molecule has 106 valence electrons. The minimum Gasteiger partial charge on any atom is -0.325 e. The van der Waals surface area contributed by atoms with Crippen LogP contribution >= 0.6 is 15.9 Å². The van der Waals surface area contributed by atoms with Gasteiger partial charge in [0.1, 0.15) is 6.07 Å². The third-order valence-corrected chi connectivity index (χ3v) is 4.23. The Morgan fingerprint density at radius 1 is 1.40 bits per heavy atom. The number of halogens is 1. The van der Waals surface area contributed by atoms with Gasteiger partial charge in [-0.05, 0) is 31.0 Å². The summed E-state index contributed by atoms with van der Waals surface area (Å²) in [7, 11) is 0. The third-order valence-electron chi connectivity index (χ3n) is 3.74. The van der Waals surface area contributed by atoms with Gasteiger partial charge < -0.3 is 11.1 Å². The van der Waals surface area contributed by atoms with Crippen LogP contribution in [0.1, 0.15) is 44.1 Å². The van der Waals surface area contributed by atoms with Gasteiger partial charge >= 0.3 is 0 Å². The van der Waals surface area contributed by atoms with E-state index in [1.165, 1.54) is 6.42 Å². The van der Waals surface area contributed by atoms with Crippen molar-refractivity contribution in [3.63, 3.8) is 0 Å². The van der Waals surface area contributed by atoms with Gasteiger partial charge in [-0.3, -0.25) is 4.79 Å². The number of amides is 1. The second kappa shape index (κ2) is 6.38. The number of carbonyl (C=O) groups excluding carboxylic acids is 1. The molecule has 1 aliphatic carbocycles. The smallest absolute Gasteiger partial charge is 0.226 e. The molecule has 1 aliphatic rings. The van der Waals surface area contributed by atoms with Crippen LogP contribution in [0.2, 0.25) is 0 Å². The molecule has 0 saturated heterocycles. The lowest BCUT2D eigenvalue weighted by Gasteiger charge is -2.32. The number of nitriles is 1. The van der Waals surface area contributed by atoms with Crippen molar-refractivity contribution in [3.05, 3.63) is 28.2 Å². The van der Waals surface area contributed by atoms with Crippen molar-refractivity contribution in [3.8, 4) is 6.07 Å². The Kier molecular flexibility index (Phi) is 4.79. The van der Waals surface area contributed by atoms with Crippen molar-refractivity contribution in [2.24, 2.45) is 5.73 Å². The van der Waals surface area contributed by atoms with Gasteiger partial charge in [0.05, 0.1) is 11.3 Å². The van der Waals surface area contributed by atoms with Crippen LogP contribution in [-0.4, -0.2) is 11.4 Å². The standard InChI is InChI=1S/C15H18BrN3O/c16-12-5-4-11(10-17)13(8-12)19-14(20)9-15(18)6-2-1-3-7-15/h4-5,8H,1-3,6-7,9,18H2,(H,19,20). The molecule has 0 aliphatic heterocycles. The quantitative estimate of drug-likeness (QED) is 0.889. The van der Waals surface area contributed by atoms with E-state index >= 15 is 0 Å². The molecular weight excluding hydrogens is 318 g/mol. The molecule has 5 heteroatoms. The summed E-state index contributed by atoms with van der Waals surface area (Å²) < 4.78 is 0.826. The molecule has 0 aromatic heterocycles. The number of nitrogens with two attached hydrogens (primary N) is 1. The minimum absolute atomic E-state index is 0.121. The van der Waals surface area contributed by atoms with E-state index in [2.05, 4.69) is 27.3 Å². The molecule has 0 heterocycles. The Bertz CT molecular complexity index is 545. The van der Waals surface area contributed by atoms with Crippen molar-refractivity contribution in [2.75, 3.05) is 5.32 Å². The van der Waals surface area contributed by atoms with E-state index in [0.29, 0.717) is 17.7 Å². The first-order valence-corrected chi connectivity index (χ1v) is 7.60. The van der Waals surface area contributed by atoms with Gasteiger partial charge in [0, 0.05) is 16.4 Å². The van der Waals surface area contributed by atoms with E-state index < -0.39 is 0 Å². The first-order valence-electron chi connectivity index (χ1n) is 6.81. The van der Waals surface area contributed by atoms with E-state index in [1.54, 1.807) is 18.2 Å². The number of benzene rings is 1. The fraction of sp³-hybridized carbons (Fsp3) is 0.467. The molecule has 1 saturated carbocycles. The van der Waals surface area contributed by atoms with Crippen molar-refractivity contribution in [2.45, 2.75) is 44.1 Å². The average Bonchev–Trinajstić information content (AvgIpc) is 2.39. The predicted octanol–water partition coefficient (Wildman–Crippen LogP) is 3.31. The molecular formula is C15H18BrN3O. The zero-order chi connectivity index (χ0) is 14.6. The van der Waals surface area contributed by atoms with Gasteiger partial charge in [-0.1, -0.05) is 35.2 Å². The summed E-state index contributed by atoms with van der Waals surface area (Å²) in [5.74, 6) is -0.121. The Morgan fingerprint density at radius 2 is 2.10 bits per heavy atom. The van der Waals surface area contributed by atoms with E-state index in [9.17, 15) is 4.79 Å². The van der Waals surface area contributed by atoms with Crippen LogP contribution in [0.15, 0.2) is 22.7 Å². The second-order valence-corrected chi connectivity index (χ2v) is 6.37. The molecule has 0 unspecified atom stereocenters. The Balaban J connectivity index is 2.05. The maximum absolute atomic E-state index is 12.1. The number of hydrogen-bond acceptors (Lipinski definition) is 3. The van der Waals surface area contributed by atoms with Crippen molar-refractivity contribution < 1.29 is 4.79 Å². The summed E-state index contributed by atoms with van der Waals surface area (Å²) in [6, 6.07) is 7.27. The normalized spacial score (nSPS) is 17.2. The SMILES string of the molecule is N#Cc1ccc(Br)cc1NC(=O)CC1(N)CCCCC1. The molecule has 1 fully saturated rings. The number of nitrogens with zero attached hydrogens (tertiary/aromatic N) is 1. The lowest BCUT2D eigenvalue weighted by atomic mass is 9.80. The van der Waals surface area contributed by atoms with Crippen molar-refractivity contribution in [1.29, 1.82) is 5.26 Å². The Labute approximate surface area is 127 Å². The first kappa shape index (κ1) is 15.0. The monoisotopic (exact) mass is 335 g/mol. The van der Waals surface area contributed by atoms with Crippen LogP contribution in [0.4, 0.5) is 5.69 Å². The number of hydrogen-bond donors (Lipinski definition) is 2. The van der Waals surface area contributed by atoms with Crippen molar-refractivity contribution in [1.82, 2.24) is 0 Å². The van der Waals surface area contributed by atoms with Gasteiger partial charge in [0.25, 0.3) is 0 Å². The zero-order valence-corrected chi connectivity index (χ0v) is 12.9. The van der Waals surface area contributed by atoms with Gasteiger partial charge in [-0.15, -0.1) is 0 Å². The summed E-state index contributed by atoms with van der Waals surface area (Å²) in [5.41, 5.74) is 6.88. The molecule has 1 aromatic rings. The van der Waals surface area contributed by atoms with Gasteiger partial charge in [0.2, 0.25) is 5.91 Å². The molecule has 3 N–H and O–H groups in total. The van der Waals surface area contributed by atoms with E-state index in [0.717, 1.165) is 30.2 Å². The summed E-state index contributed by atoms with van der Waals surface area (Å²) in [4.78, 5) is 12.1. The van der Waals surface area contributed by atoms with Crippen LogP contribution in [0.25, 0.3) is 0 Å². The van der Waals surface area contributed by atoms with Crippen LogP contribution < -0.4 is 11.1 Å². The summed E-state index contributed by atoms with van der Waals surface area (Å²) in [6.07, 6.45) is 5.47. The Morgan fingerprint density at radius 3 is 2.75 bits per heavy atom. The van der Waals surface area contributed by atoms with E-state index in [1.807, 2.05) is 0 Å². The molecule has 20 heavy (non-hydrogen) atoms. The topological polar surface area (TPSA) is 78.9 Å². The number of carbonyl (C=O) groups is 1. The summed E-state index contributed by atoms with van der Waals surface area (Å²) in [6.45, 7) is 0. The van der Waals surface area contributed by atoms with E-state index in [-0.39, 0.29) is 11.4 Å². The highest BCUT2D eigenvalue weighted by molar-refractivity contribution is 9.10.